The number of aliphatic hydroxyl groups excluding tert-OH is 1. The van der Waals surface area contributed by atoms with Crippen LogP contribution in [-0.2, 0) is 4.79 Å². The van der Waals surface area contributed by atoms with Gasteiger partial charge in [0.25, 0.3) is 0 Å². The maximum absolute atomic E-state index is 12.9. The summed E-state index contributed by atoms with van der Waals surface area (Å²) in [6, 6.07) is 6.09. The first-order valence-corrected chi connectivity index (χ1v) is 7.34. The molecule has 0 heterocycles. The topological polar surface area (TPSA) is 40.5 Å². The van der Waals surface area contributed by atoms with Crippen molar-refractivity contribution in [2.45, 2.75) is 51.2 Å². The van der Waals surface area contributed by atoms with Gasteiger partial charge in [-0.15, -0.1) is 0 Å². The Morgan fingerprint density at radius 3 is 2.60 bits per heavy atom. The van der Waals surface area contributed by atoms with Gasteiger partial charge in [-0.25, -0.2) is 4.39 Å². The number of rotatable bonds is 7. The molecule has 20 heavy (non-hydrogen) atoms. The van der Waals surface area contributed by atoms with Crippen molar-refractivity contribution in [2.75, 3.05) is 6.54 Å². The van der Waals surface area contributed by atoms with E-state index in [0.717, 1.165) is 25.7 Å². The van der Waals surface area contributed by atoms with Crippen LogP contribution in [0.4, 0.5) is 4.39 Å². The summed E-state index contributed by atoms with van der Waals surface area (Å²) in [6.07, 6.45) is 3.71. The summed E-state index contributed by atoms with van der Waals surface area (Å²) in [5.41, 5.74) is 0.653. The largest absolute Gasteiger partial charge is 0.387 e. The molecule has 1 fully saturated rings. The molecular formula is C16H22FNO2. The Bertz CT molecular complexity index is 442. The van der Waals surface area contributed by atoms with Crippen molar-refractivity contribution in [3.63, 3.8) is 0 Å². The first-order chi connectivity index (χ1) is 9.61. The average molecular weight is 279 g/mol. The number of hydrogen-bond donors (Lipinski definition) is 1. The van der Waals surface area contributed by atoms with Gasteiger partial charge >= 0.3 is 0 Å². The Morgan fingerprint density at radius 1 is 1.40 bits per heavy atom. The van der Waals surface area contributed by atoms with Crippen molar-refractivity contribution in [2.24, 2.45) is 0 Å². The van der Waals surface area contributed by atoms with E-state index in [1.165, 1.54) is 12.1 Å². The van der Waals surface area contributed by atoms with E-state index >= 15 is 0 Å². The Kier molecular flexibility index (Phi) is 5.12. The normalized spacial score (nSPS) is 15.9. The lowest BCUT2D eigenvalue weighted by Gasteiger charge is -2.25. The minimum atomic E-state index is -0.748. The zero-order valence-electron chi connectivity index (χ0n) is 11.9. The van der Waals surface area contributed by atoms with Crippen LogP contribution in [0.3, 0.4) is 0 Å². The van der Waals surface area contributed by atoms with Gasteiger partial charge in [0.15, 0.2) is 0 Å². The van der Waals surface area contributed by atoms with Gasteiger partial charge in [-0.1, -0.05) is 25.5 Å². The summed E-state index contributed by atoms with van der Waals surface area (Å²) >= 11 is 0. The van der Waals surface area contributed by atoms with Gasteiger partial charge in [0.05, 0.1) is 12.6 Å². The van der Waals surface area contributed by atoms with E-state index in [9.17, 15) is 14.3 Å². The SMILES string of the molecule is CCCCC(=O)N(CC(O)c1ccc(F)cc1)C1CC1. The van der Waals surface area contributed by atoms with Gasteiger partial charge in [0, 0.05) is 12.5 Å². The van der Waals surface area contributed by atoms with Gasteiger partial charge in [-0.05, 0) is 37.0 Å². The van der Waals surface area contributed by atoms with Crippen molar-refractivity contribution in [1.82, 2.24) is 4.90 Å². The molecule has 3 nitrogen and oxygen atoms in total. The molecule has 2 rings (SSSR count). The molecule has 1 aromatic carbocycles. The smallest absolute Gasteiger partial charge is 0.222 e. The van der Waals surface area contributed by atoms with E-state index in [-0.39, 0.29) is 17.8 Å². The third kappa shape index (κ3) is 4.04. The van der Waals surface area contributed by atoms with Crippen LogP contribution in [-0.4, -0.2) is 28.5 Å². The molecule has 1 aliphatic rings. The summed E-state index contributed by atoms with van der Waals surface area (Å²) in [5, 5.41) is 10.2. The fourth-order valence-electron chi connectivity index (χ4n) is 2.29. The van der Waals surface area contributed by atoms with Gasteiger partial charge < -0.3 is 10.0 Å². The van der Waals surface area contributed by atoms with Gasteiger partial charge in [-0.2, -0.15) is 0 Å². The Labute approximate surface area is 119 Å². The number of benzene rings is 1. The standard InChI is InChI=1S/C16H22FNO2/c1-2-3-4-16(20)18(14-9-10-14)11-15(19)12-5-7-13(17)8-6-12/h5-8,14-15,19H,2-4,9-11H2,1H3. The van der Waals surface area contributed by atoms with Crippen molar-refractivity contribution < 1.29 is 14.3 Å². The highest BCUT2D eigenvalue weighted by molar-refractivity contribution is 5.76. The number of carbonyl (C=O) groups is 1. The number of aliphatic hydroxyl groups is 1. The number of carbonyl (C=O) groups excluding carboxylic acids is 1. The highest BCUT2D eigenvalue weighted by Gasteiger charge is 2.33. The molecule has 0 bridgehead atoms. The summed E-state index contributed by atoms with van der Waals surface area (Å²) in [7, 11) is 0. The molecule has 0 spiro atoms. The van der Waals surface area contributed by atoms with Crippen LogP contribution in [0.15, 0.2) is 24.3 Å². The molecule has 0 aliphatic heterocycles. The molecule has 1 unspecified atom stereocenters. The second-order valence-corrected chi connectivity index (χ2v) is 5.45. The predicted octanol–water partition coefficient (Wildman–Crippen LogP) is 3.04. The lowest BCUT2D eigenvalue weighted by molar-refractivity contribution is -0.133. The Balaban J connectivity index is 1.97. The lowest BCUT2D eigenvalue weighted by atomic mass is 10.1. The highest BCUT2D eigenvalue weighted by Crippen LogP contribution is 2.29. The van der Waals surface area contributed by atoms with E-state index in [2.05, 4.69) is 6.92 Å². The van der Waals surface area contributed by atoms with Crippen molar-refractivity contribution in [1.29, 1.82) is 0 Å². The summed E-state index contributed by atoms with van der Waals surface area (Å²) < 4.78 is 12.9. The summed E-state index contributed by atoms with van der Waals surface area (Å²) in [5.74, 6) is -0.200. The van der Waals surface area contributed by atoms with Crippen LogP contribution < -0.4 is 0 Å². The van der Waals surface area contributed by atoms with Crippen LogP contribution in [0, 0.1) is 5.82 Å². The fraction of sp³-hybridized carbons (Fsp3) is 0.562. The minimum absolute atomic E-state index is 0.121. The Morgan fingerprint density at radius 2 is 2.05 bits per heavy atom. The summed E-state index contributed by atoms with van der Waals surface area (Å²) in [4.78, 5) is 14.0. The number of amides is 1. The van der Waals surface area contributed by atoms with E-state index in [4.69, 9.17) is 0 Å². The molecule has 1 amide bonds. The maximum atomic E-state index is 12.9. The first-order valence-electron chi connectivity index (χ1n) is 7.34. The van der Waals surface area contributed by atoms with Crippen LogP contribution >= 0.6 is 0 Å². The van der Waals surface area contributed by atoms with E-state index in [0.29, 0.717) is 18.5 Å². The third-order valence-electron chi connectivity index (χ3n) is 3.68. The first kappa shape index (κ1) is 15.0. The van der Waals surface area contributed by atoms with E-state index < -0.39 is 6.10 Å². The van der Waals surface area contributed by atoms with Crippen LogP contribution in [0.25, 0.3) is 0 Å². The molecule has 0 radical (unpaired) electrons. The van der Waals surface area contributed by atoms with Gasteiger partial charge in [-0.3, -0.25) is 4.79 Å². The second-order valence-electron chi connectivity index (χ2n) is 5.45. The molecule has 0 saturated heterocycles. The molecule has 1 aromatic rings. The average Bonchev–Trinajstić information content (AvgIpc) is 3.27. The molecule has 1 atom stereocenters. The number of halogens is 1. The van der Waals surface area contributed by atoms with Crippen molar-refractivity contribution in [3.05, 3.63) is 35.6 Å². The summed E-state index contributed by atoms with van der Waals surface area (Å²) in [6.45, 7) is 2.36. The fourth-order valence-corrected chi connectivity index (χ4v) is 2.29. The molecule has 1 saturated carbocycles. The maximum Gasteiger partial charge on any atom is 0.222 e. The third-order valence-corrected chi connectivity index (χ3v) is 3.68. The van der Waals surface area contributed by atoms with Gasteiger partial charge in [0.2, 0.25) is 5.91 Å². The Hall–Kier alpha value is -1.42. The highest BCUT2D eigenvalue weighted by atomic mass is 19.1. The molecule has 4 heteroatoms. The minimum Gasteiger partial charge on any atom is -0.387 e. The zero-order chi connectivity index (χ0) is 14.5. The van der Waals surface area contributed by atoms with Crippen LogP contribution in [0.1, 0.15) is 50.7 Å². The van der Waals surface area contributed by atoms with Crippen molar-refractivity contribution >= 4 is 5.91 Å². The van der Waals surface area contributed by atoms with E-state index in [1.807, 2.05) is 0 Å². The van der Waals surface area contributed by atoms with Crippen LogP contribution in [0.5, 0.6) is 0 Å². The van der Waals surface area contributed by atoms with E-state index in [1.54, 1.807) is 17.0 Å². The number of nitrogens with zero attached hydrogens (tertiary/aromatic N) is 1. The predicted molar refractivity (Wildman–Crippen MR) is 75.6 cm³/mol. The lowest BCUT2D eigenvalue weighted by Crippen LogP contribution is -2.36. The van der Waals surface area contributed by atoms with Crippen molar-refractivity contribution in [3.8, 4) is 0 Å². The number of hydrogen-bond acceptors (Lipinski definition) is 2. The molecule has 1 N–H and O–H groups in total. The van der Waals surface area contributed by atoms with Crippen LogP contribution in [0.2, 0.25) is 0 Å². The molecular weight excluding hydrogens is 257 g/mol. The monoisotopic (exact) mass is 279 g/mol. The number of unbranched alkanes of at least 4 members (excludes halogenated alkanes) is 1. The molecule has 0 aromatic heterocycles. The second kappa shape index (κ2) is 6.84. The zero-order valence-corrected chi connectivity index (χ0v) is 11.9. The van der Waals surface area contributed by atoms with Gasteiger partial charge in [0.1, 0.15) is 5.82 Å². The molecule has 110 valence electrons. The molecule has 1 aliphatic carbocycles. The quantitative estimate of drug-likeness (QED) is 0.833.